The lowest BCUT2D eigenvalue weighted by molar-refractivity contribution is 0.742. The van der Waals surface area contributed by atoms with Crippen molar-refractivity contribution in [1.82, 2.24) is 9.78 Å². The van der Waals surface area contributed by atoms with Crippen LogP contribution < -0.4 is 11.1 Å². The standard InChI is InChI=1S/C13H18N4/c1-10-4-3-5-12(13(10)14)15-8-6-11-7-9-17(2)16-11/h3-5,7,9,15H,6,8,14H2,1-2H3. The number of nitrogen functional groups attached to an aromatic ring is 1. The van der Waals surface area contributed by atoms with Crippen molar-refractivity contribution >= 4 is 11.4 Å². The number of para-hydroxylation sites is 1. The monoisotopic (exact) mass is 230 g/mol. The smallest absolute Gasteiger partial charge is 0.0642 e. The molecule has 1 heterocycles. The maximum atomic E-state index is 5.98. The van der Waals surface area contributed by atoms with Crippen LogP contribution in [0, 0.1) is 6.92 Å². The number of nitrogens with zero attached hydrogens (tertiary/aromatic N) is 2. The van der Waals surface area contributed by atoms with Gasteiger partial charge in [-0.1, -0.05) is 12.1 Å². The third-order valence-corrected chi connectivity index (χ3v) is 2.79. The summed E-state index contributed by atoms with van der Waals surface area (Å²) in [6.07, 6.45) is 2.85. The van der Waals surface area contributed by atoms with Gasteiger partial charge < -0.3 is 11.1 Å². The summed E-state index contributed by atoms with van der Waals surface area (Å²) in [5, 5.41) is 7.66. The van der Waals surface area contributed by atoms with Gasteiger partial charge in [-0.25, -0.2) is 0 Å². The number of aromatic nitrogens is 2. The van der Waals surface area contributed by atoms with Gasteiger partial charge in [-0.2, -0.15) is 5.10 Å². The first-order chi connectivity index (χ1) is 8.16. The number of anilines is 2. The van der Waals surface area contributed by atoms with E-state index in [9.17, 15) is 0 Å². The predicted molar refractivity (Wildman–Crippen MR) is 71.0 cm³/mol. The highest BCUT2D eigenvalue weighted by atomic mass is 15.2. The van der Waals surface area contributed by atoms with Crippen molar-refractivity contribution in [3.63, 3.8) is 0 Å². The Morgan fingerprint density at radius 2 is 2.18 bits per heavy atom. The second-order valence-electron chi connectivity index (χ2n) is 4.19. The molecule has 0 fully saturated rings. The van der Waals surface area contributed by atoms with Crippen LogP contribution in [0.25, 0.3) is 0 Å². The second-order valence-corrected chi connectivity index (χ2v) is 4.19. The highest BCUT2D eigenvalue weighted by molar-refractivity contribution is 5.69. The lowest BCUT2D eigenvalue weighted by Gasteiger charge is -2.10. The molecule has 0 amide bonds. The minimum atomic E-state index is 0.827. The summed E-state index contributed by atoms with van der Waals surface area (Å²) in [5.41, 5.74) is 10.0. The van der Waals surface area contributed by atoms with Crippen LogP contribution in [0.1, 0.15) is 11.3 Å². The van der Waals surface area contributed by atoms with Crippen LogP contribution in [-0.2, 0) is 13.5 Å². The molecule has 2 aromatic rings. The topological polar surface area (TPSA) is 55.9 Å². The van der Waals surface area contributed by atoms with E-state index in [1.54, 1.807) is 0 Å². The van der Waals surface area contributed by atoms with Crippen molar-refractivity contribution in [2.24, 2.45) is 7.05 Å². The first-order valence-electron chi connectivity index (χ1n) is 5.74. The maximum Gasteiger partial charge on any atom is 0.0642 e. The molecule has 0 unspecified atom stereocenters. The van der Waals surface area contributed by atoms with Crippen LogP contribution in [0.5, 0.6) is 0 Å². The summed E-state index contributed by atoms with van der Waals surface area (Å²) >= 11 is 0. The van der Waals surface area contributed by atoms with Crippen molar-refractivity contribution in [3.8, 4) is 0 Å². The zero-order valence-electron chi connectivity index (χ0n) is 10.3. The van der Waals surface area contributed by atoms with E-state index in [1.807, 2.05) is 49.1 Å². The van der Waals surface area contributed by atoms with Gasteiger partial charge in [0.1, 0.15) is 0 Å². The Kier molecular flexibility index (Phi) is 3.32. The molecular weight excluding hydrogens is 212 g/mol. The average Bonchev–Trinajstić information content (AvgIpc) is 2.70. The quantitative estimate of drug-likeness (QED) is 0.789. The Balaban J connectivity index is 1.92. The molecule has 4 nitrogen and oxygen atoms in total. The maximum absolute atomic E-state index is 5.98. The lowest BCUT2D eigenvalue weighted by Crippen LogP contribution is -2.08. The first kappa shape index (κ1) is 11.5. The van der Waals surface area contributed by atoms with Crippen molar-refractivity contribution in [3.05, 3.63) is 41.7 Å². The van der Waals surface area contributed by atoms with Crippen molar-refractivity contribution in [2.75, 3.05) is 17.6 Å². The van der Waals surface area contributed by atoms with Crippen LogP contribution in [0.4, 0.5) is 11.4 Å². The number of nitrogens with two attached hydrogens (primary N) is 1. The SMILES string of the molecule is Cc1cccc(NCCc2ccn(C)n2)c1N. The predicted octanol–water partition coefficient (Wildman–Crippen LogP) is 1.97. The summed E-state index contributed by atoms with van der Waals surface area (Å²) in [6.45, 7) is 2.85. The second kappa shape index (κ2) is 4.91. The molecular formula is C13H18N4. The zero-order valence-corrected chi connectivity index (χ0v) is 10.3. The molecule has 0 aliphatic rings. The number of aryl methyl sites for hydroxylation is 2. The molecule has 3 N–H and O–H groups in total. The Morgan fingerprint density at radius 1 is 1.35 bits per heavy atom. The van der Waals surface area contributed by atoms with Gasteiger partial charge in [-0.05, 0) is 24.6 Å². The summed E-state index contributed by atoms with van der Waals surface area (Å²) < 4.78 is 1.82. The van der Waals surface area contributed by atoms with E-state index in [0.29, 0.717) is 0 Å². The number of rotatable bonds is 4. The van der Waals surface area contributed by atoms with Crippen LogP contribution in [-0.4, -0.2) is 16.3 Å². The molecule has 0 radical (unpaired) electrons. The summed E-state index contributed by atoms with van der Waals surface area (Å²) in [4.78, 5) is 0. The van der Waals surface area contributed by atoms with Crippen molar-refractivity contribution in [1.29, 1.82) is 0 Å². The molecule has 4 heteroatoms. The zero-order chi connectivity index (χ0) is 12.3. The molecule has 0 saturated carbocycles. The van der Waals surface area contributed by atoms with Crippen molar-refractivity contribution in [2.45, 2.75) is 13.3 Å². The fourth-order valence-corrected chi connectivity index (χ4v) is 1.76. The Morgan fingerprint density at radius 3 is 2.88 bits per heavy atom. The van der Waals surface area contributed by atoms with E-state index in [2.05, 4.69) is 10.4 Å². The Labute approximate surface area is 101 Å². The molecule has 0 bridgehead atoms. The van der Waals surface area contributed by atoms with E-state index >= 15 is 0 Å². The van der Waals surface area contributed by atoms with Gasteiger partial charge in [0.15, 0.2) is 0 Å². The minimum Gasteiger partial charge on any atom is -0.397 e. The number of benzene rings is 1. The van der Waals surface area contributed by atoms with Gasteiger partial charge in [0, 0.05) is 26.2 Å². The van der Waals surface area contributed by atoms with Gasteiger partial charge in [0.2, 0.25) is 0 Å². The summed E-state index contributed by atoms with van der Waals surface area (Å²) in [6, 6.07) is 8.05. The van der Waals surface area contributed by atoms with Gasteiger partial charge in [-0.3, -0.25) is 4.68 Å². The summed E-state index contributed by atoms with van der Waals surface area (Å²) in [5.74, 6) is 0. The Bertz CT molecular complexity index is 502. The third kappa shape index (κ3) is 2.78. The molecule has 17 heavy (non-hydrogen) atoms. The molecule has 0 saturated heterocycles. The van der Waals surface area contributed by atoms with Crippen LogP contribution in [0.3, 0.4) is 0 Å². The van der Waals surface area contributed by atoms with Gasteiger partial charge >= 0.3 is 0 Å². The summed E-state index contributed by atoms with van der Waals surface area (Å²) in [7, 11) is 1.93. The molecule has 0 atom stereocenters. The molecule has 90 valence electrons. The Hall–Kier alpha value is -1.97. The van der Waals surface area contributed by atoms with Gasteiger partial charge in [0.05, 0.1) is 17.1 Å². The van der Waals surface area contributed by atoms with Crippen LogP contribution in [0.15, 0.2) is 30.5 Å². The van der Waals surface area contributed by atoms with Crippen molar-refractivity contribution < 1.29 is 0 Å². The molecule has 1 aromatic carbocycles. The van der Waals surface area contributed by atoms with Gasteiger partial charge in [-0.15, -0.1) is 0 Å². The highest BCUT2D eigenvalue weighted by Crippen LogP contribution is 2.21. The molecule has 0 aliphatic heterocycles. The highest BCUT2D eigenvalue weighted by Gasteiger charge is 2.01. The fraction of sp³-hybridized carbons (Fsp3) is 0.308. The van der Waals surface area contributed by atoms with E-state index < -0.39 is 0 Å². The number of hydrogen-bond donors (Lipinski definition) is 2. The van der Waals surface area contributed by atoms with Crippen LogP contribution >= 0.6 is 0 Å². The largest absolute Gasteiger partial charge is 0.397 e. The first-order valence-corrected chi connectivity index (χ1v) is 5.74. The van der Waals surface area contributed by atoms with E-state index in [4.69, 9.17) is 5.73 Å². The molecule has 0 aliphatic carbocycles. The molecule has 2 rings (SSSR count). The number of hydrogen-bond acceptors (Lipinski definition) is 3. The van der Waals surface area contributed by atoms with Crippen LogP contribution in [0.2, 0.25) is 0 Å². The van der Waals surface area contributed by atoms with E-state index in [1.165, 1.54) is 0 Å². The molecule has 0 spiro atoms. The molecule has 1 aromatic heterocycles. The minimum absolute atomic E-state index is 0.827. The number of nitrogens with one attached hydrogen (secondary N) is 1. The third-order valence-electron chi connectivity index (χ3n) is 2.79. The van der Waals surface area contributed by atoms with Gasteiger partial charge in [0.25, 0.3) is 0 Å². The van der Waals surface area contributed by atoms with E-state index in [-0.39, 0.29) is 0 Å². The average molecular weight is 230 g/mol. The normalized spacial score (nSPS) is 10.5. The lowest BCUT2D eigenvalue weighted by atomic mass is 10.1. The fourth-order valence-electron chi connectivity index (χ4n) is 1.76. The van der Waals surface area contributed by atoms with E-state index in [0.717, 1.165) is 35.6 Å².